The molecule has 0 aromatic rings. The Morgan fingerprint density at radius 1 is 1.11 bits per heavy atom. The number of fused-ring (bicyclic) bond motifs is 2. The number of hydrogen-bond donors (Lipinski definition) is 3. The minimum absolute atomic E-state index is 0.199. The summed E-state index contributed by atoms with van der Waals surface area (Å²) in [5.41, 5.74) is 0. The maximum absolute atomic E-state index is 12.1. The summed E-state index contributed by atoms with van der Waals surface area (Å²) in [5.74, 6) is 0.762. The van der Waals surface area contributed by atoms with Crippen molar-refractivity contribution in [2.75, 3.05) is 0 Å². The van der Waals surface area contributed by atoms with E-state index in [2.05, 4.69) is 10.6 Å². The van der Waals surface area contributed by atoms with Gasteiger partial charge in [0.05, 0.1) is 6.10 Å². The van der Waals surface area contributed by atoms with Crippen molar-refractivity contribution >= 4 is 5.91 Å². The SMILES string of the molecule is O=C(CC1CC2CCC(C1)N2)NC1CCCC(O)C1. The fourth-order valence-electron chi connectivity index (χ4n) is 4.19. The highest BCUT2D eigenvalue weighted by atomic mass is 16.3. The summed E-state index contributed by atoms with van der Waals surface area (Å²) in [7, 11) is 0. The lowest BCUT2D eigenvalue weighted by Gasteiger charge is -2.30. The largest absolute Gasteiger partial charge is 0.393 e. The van der Waals surface area contributed by atoms with E-state index in [0.717, 1.165) is 38.5 Å². The molecule has 19 heavy (non-hydrogen) atoms. The van der Waals surface area contributed by atoms with Crippen LogP contribution >= 0.6 is 0 Å². The smallest absolute Gasteiger partial charge is 0.220 e. The summed E-state index contributed by atoms with van der Waals surface area (Å²) < 4.78 is 0. The molecule has 3 N–H and O–H groups in total. The molecule has 108 valence electrons. The molecule has 3 fully saturated rings. The molecule has 1 aliphatic carbocycles. The monoisotopic (exact) mass is 266 g/mol. The van der Waals surface area contributed by atoms with E-state index in [-0.39, 0.29) is 18.1 Å². The number of hydrogen-bond acceptors (Lipinski definition) is 3. The Balaban J connectivity index is 1.43. The van der Waals surface area contributed by atoms with Crippen LogP contribution in [0.2, 0.25) is 0 Å². The highest BCUT2D eigenvalue weighted by molar-refractivity contribution is 5.76. The molecule has 0 aromatic heterocycles. The second kappa shape index (κ2) is 5.80. The summed E-state index contributed by atoms with van der Waals surface area (Å²) in [6.07, 6.45) is 9.07. The highest BCUT2D eigenvalue weighted by Crippen LogP contribution is 2.32. The molecular weight excluding hydrogens is 240 g/mol. The van der Waals surface area contributed by atoms with Gasteiger partial charge in [0, 0.05) is 24.5 Å². The van der Waals surface area contributed by atoms with Gasteiger partial charge in [0.15, 0.2) is 0 Å². The topological polar surface area (TPSA) is 61.4 Å². The summed E-state index contributed by atoms with van der Waals surface area (Å²) in [4.78, 5) is 12.1. The van der Waals surface area contributed by atoms with Crippen LogP contribution in [0.3, 0.4) is 0 Å². The van der Waals surface area contributed by atoms with Crippen molar-refractivity contribution in [1.82, 2.24) is 10.6 Å². The van der Waals surface area contributed by atoms with Gasteiger partial charge in [-0.3, -0.25) is 4.79 Å². The summed E-state index contributed by atoms with van der Waals surface area (Å²) in [6, 6.07) is 1.52. The lowest BCUT2D eigenvalue weighted by atomic mass is 9.88. The van der Waals surface area contributed by atoms with Crippen molar-refractivity contribution in [3.63, 3.8) is 0 Å². The van der Waals surface area contributed by atoms with Crippen LogP contribution < -0.4 is 10.6 Å². The Kier molecular flexibility index (Phi) is 4.08. The minimum atomic E-state index is -0.214. The van der Waals surface area contributed by atoms with Crippen LogP contribution in [-0.2, 0) is 4.79 Å². The third-order valence-electron chi connectivity index (χ3n) is 5.06. The van der Waals surface area contributed by atoms with E-state index in [9.17, 15) is 9.90 Å². The van der Waals surface area contributed by atoms with E-state index in [0.29, 0.717) is 24.4 Å². The van der Waals surface area contributed by atoms with Crippen molar-refractivity contribution in [3.05, 3.63) is 0 Å². The zero-order valence-electron chi connectivity index (χ0n) is 11.6. The van der Waals surface area contributed by atoms with E-state index < -0.39 is 0 Å². The van der Waals surface area contributed by atoms with Gasteiger partial charge in [-0.1, -0.05) is 0 Å². The molecule has 3 rings (SSSR count). The molecule has 3 aliphatic rings. The standard InChI is InChI=1S/C15H26N2O2/c18-14-3-1-2-11(9-14)17-15(19)8-10-6-12-4-5-13(7-10)16-12/h10-14,16,18H,1-9H2,(H,17,19). The first kappa shape index (κ1) is 13.4. The molecule has 2 saturated heterocycles. The number of nitrogens with one attached hydrogen (secondary N) is 2. The van der Waals surface area contributed by atoms with Crippen LogP contribution in [0.5, 0.6) is 0 Å². The van der Waals surface area contributed by atoms with E-state index in [1.165, 1.54) is 12.8 Å². The lowest BCUT2D eigenvalue weighted by Crippen LogP contribution is -2.43. The molecule has 4 heteroatoms. The predicted molar refractivity (Wildman–Crippen MR) is 73.7 cm³/mol. The molecule has 4 nitrogen and oxygen atoms in total. The third-order valence-corrected chi connectivity index (χ3v) is 5.06. The second-order valence-electron chi connectivity index (χ2n) is 6.76. The lowest BCUT2D eigenvalue weighted by molar-refractivity contribution is -0.123. The molecule has 2 heterocycles. The molecule has 1 amide bonds. The van der Waals surface area contributed by atoms with Gasteiger partial charge in [-0.25, -0.2) is 0 Å². The van der Waals surface area contributed by atoms with Crippen LogP contribution in [0.15, 0.2) is 0 Å². The zero-order valence-corrected chi connectivity index (χ0v) is 11.6. The zero-order chi connectivity index (χ0) is 13.2. The summed E-state index contributed by atoms with van der Waals surface area (Å²) >= 11 is 0. The first-order valence-electron chi connectivity index (χ1n) is 7.92. The first-order valence-corrected chi connectivity index (χ1v) is 7.92. The number of carbonyl (C=O) groups excluding carboxylic acids is 1. The molecule has 2 bridgehead atoms. The third kappa shape index (κ3) is 3.48. The van der Waals surface area contributed by atoms with Crippen molar-refractivity contribution in [2.24, 2.45) is 5.92 Å². The molecule has 4 atom stereocenters. The fourth-order valence-corrected chi connectivity index (χ4v) is 4.19. The quantitative estimate of drug-likeness (QED) is 0.722. The molecule has 4 unspecified atom stereocenters. The van der Waals surface area contributed by atoms with Crippen LogP contribution in [0.4, 0.5) is 0 Å². The number of aliphatic hydroxyl groups excluding tert-OH is 1. The van der Waals surface area contributed by atoms with Crippen LogP contribution in [0, 0.1) is 5.92 Å². The molecular formula is C15H26N2O2. The Labute approximate surface area is 115 Å². The predicted octanol–water partition coefficient (Wildman–Crippen LogP) is 1.33. The van der Waals surface area contributed by atoms with Crippen LogP contribution in [-0.4, -0.2) is 35.2 Å². The first-order chi connectivity index (χ1) is 9.19. The van der Waals surface area contributed by atoms with E-state index in [1.54, 1.807) is 0 Å². The summed E-state index contributed by atoms with van der Waals surface area (Å²) in [5, 5.41) is 16.4. The Morgan fingerprint density at radius 3 is 2.53 bits per heavy atom. The number of piperidine rings is 1. The number of aliphatic hydroxyl groups is 1. The molecule has 0 aromatic carbocycles. The van der Waals surface area contributed by atoms with Gasteiger partial charge in [-0.2, -0.15) is 0 Å². The van der Waals surface area contributed by atoms with E-state index in [1.807, 2.05) is 0 Å². The van der Waals surface area contributed by atoms with E-state index in [4.69, 9.17) is 0 Å². The van der Waals surface area contributed by atoms with Gasteiger partial charge in [-0.15, -0.1) is 0 Å². The minimum Gasteiger partial charge on any atom is -0.393 e. The number of carbonyl (C=O) groups is 1. The molecule has 0 spiro atoms. The Bertz CT molecular complexity index is 322. The maximum Gasteiger partial charge on any atom is 0.220 e. The summed E-state index contributed by atoms with van der Waals surface area (Å²) in [6.45, 7) is 0. The Hall–Kier alpha value is -0.610. The van der Waals surface area contributed by atoms with E-state index >= 15 is 0 Å². The average molecular weight is 266 g/mol. The van der Waals surface area contributed by atoms with Crippen molar-refractivity contribution in [1.29, 1.82) is 0 Å². The van der Waals surface area contributed by atoms with Crippen molar-refractivity contribution < 1.29 is 9.90 Å². The van der Waals surface area contributed by atoms with Crippen molar-refractivity contribution in [2.45, 2.75) is 82.0 Å². The number of amides is 1. The maximum atomic E-state index is 12.1. The second-order valence-corrected chi connectivity index (χ2v) is 6.76. The number of rotatable bonds is 3. The van der Waals surface area contributed by atoms with Gasteiger partial charge in [0.25, 0.3) is 0 Å². The van der Waals surface area contributed by atoms with Gasteiger partial charge in [-0.05, 0) is 57.3 Å². The molecule has 2 aliphatic heterocycles. The van der Waals surface area contributed by atoms with Gasteiger partial charge < -0.3 is 15.7 Å². The Morgan fingerprint density at radius 2 is 1.84 bits per heavy atom. The normalized spacial score (nSPS) is 42.1. The van der Waals surface area contributed by atoms with Crippen LogP contribution in [0.25, 0.3) is 0 Å². The average Bonchev–Trinajstić information content (AvgIpc) is 2.68. The molecule has 1 saturated carbocycles. The van der Waals surface area contributed by atoms with Gasteiger partial charge in [0.2, 0.25) is 5.91 Å². The van der Waals surface area contributed by atoms with Gasteiger partial charge in [0.1, 0.15) is 0 Å². The highest BCUT2D eigenvalue weighted by Gasteiger charge is 2.34. The molecule has 0 radical (unpaired) electrons. The van der Waals surface area contributed by atoms with Crippen LogP contribution in [0.1, 0.15) is 57.8 Å². The van der Waals surface area contributed by atoms with Crippen molar-refractivity contribution in [3.8, 4) is 0 Å². The van der Waals surface area contributed by atoms with Gasteiger partial charge >= 0.3 is 0 Å². The fraction of sp³-hybridized carbons (Fsp3) is 0.933.